The molecule has 0 atom stereocenters. The van der Waals surface area contributed by atoms with Gasteiger partial charge in [-0.1, -0.05) is 12.1 Å². The van der Waals surface area contributed by atoms with Crippen molar-refractivity contribution >= 4 is 23.3 Å². The number of ether oxygens (including phenoxy) is 1. The fraction of sp³-hybridized carbons (Fsp3) is 0.278. The highest BCUT2D eigenvalue weighted by atomic mass is 16.6. The number of likely N-dealkylation sites (N-methyl/N-ethyl adjacent to an activating group) is 1. The maximum Gasteiger partial charge on any atom is 0.269 e. The summed E-state index contributed by atoms with van der Waals surface area (Å²) < 4.78 is 5.13. The lowest BCUT2D eigenvalue weighted by molar-refractivity contribution is -0.384. The minimum Gasteiger partial charge on any atom is -0.383 e. The SMILES string of the molecule is CCN(CCOC)c1ccc(C=Nc2ccc([N+](=O)[O-])cc2)cc1. The Kier molecular flexibility index (Phi) is 6.45. The molecule has 2 rings (SSSR count). The molecule has 0 aliphatic heterocycles. The molecule has 6 nitrogen and oxygen atoms in total. The summed E-state index contributed by atoms with van der Waals surface area (Å²) in [4.78, 5) is 16.8. The van der Waals surface area contributed by atoms with Crippen LogP contribution in [0.15, 0.2) is 53.5 Å². The summed E-state index contributed by atoms with van der Waals surface area (Å²) in [6.45, 7) is 4.57. The molecule has 0 radical (unpaired) electrons. The van der Waals surface area contributed by atoms with E-state index < -0.39 is 4.92 Å². The van der Waals surface area contributed by atoms with Crippen molar-refractivity contribution in [3.8, 4) is 0 Å². The zero-order valence-corrected chi connectivity index (χ0v) is 13.9. The predicted molar refractivity (Wildman–Crippen MR) is 96.6 cm³/mol. The van der Waals surface area contributed by atoms with Crippen molar-refractivity contribution in [2.75, 3.05) is 31.7 Å². The Morgan fingerprint density at radius 1 is 1.17 bits per heavy atom. The molecule has 0 spiro atoms. The second kappa shape index (κ2) is 8.79. The van der Waals surface area contributed by atoms with Gasteiger partial charge < -0.3 is 9.64 Å². The van der Waals surface area contributed by atoms with Crippen LogP contribution < -0.4 is 4.90 Å². The lowest BCUT2D eigenvalue weighted by Crippen LogP contribution is -2.26. The van der Waals surface area contributed by atoms with Crippen LogP contribution in [0.5, 0.6) is 0 Å². The Morgan fingerprint density at radius 2 is 1.83 bits per heavy atom. The molecule has 6 heteroatoms. The highest BCUT2D eigenvalue weighted by molar-refractivity contribution is 5.82. The first kappa shape index (κ1) is 17.6. The number of anilines is 1. The number of nitrogens with zero attached hydrogens (tertiary/aromatic N) is 3. The molecule has 0 N–H and O–H groups in total. The fourth-order valence-corrected chi connectivity index (χ4v) is 2.25. The lowest BCUT2D eigenvalue weighted by atomic mass is 10.2. The first-order chi connectivity index (χ1) is 11.6. The van der Waals surface area contributed by atoms with Crippen LogP contribution in [0.1, 0.15) is 12.5 Å². The molecule has 24 heavy (non-hydrogen) atoms. The molecule has 0 aliphatic rings. The fourth-order valence-electron chi connectivity index (χ4n) is 2.25. The van der Waals surface area contributed by atoms with Gasteiger partial charge in [-0.15, -0.1) is 0 Å². The number of non-ortho nitro benzene ring substituents is 1. The number of nitro groups is 1. The summed E-state index contributed by atoms with van der Waals surface area (Å²) >= 11 is 0. The van der Waals surface area contributed by atoms with Crippen molar-refractivity contribution in [2.24, 2.45) is 4.99 Å². The predicted octanol–water partition coefficient (Wildman–Crippen LogP) is 3.82. The van der Waals surface area contributed by atoms with Gasteiger partial charge in [-0.05, 0) is 36.8 Å². The normalized spacial score (nSPS) is 10.9. The third-order valence-corrected chi connectivity index (χ3v) is 3.63. The molecular weight excluding hydrogens is 306 g/mol. The number of nitro benzene ring substituents is 1. The van der Waals surface area contributed by atoms with Gasteiger partial charge in [0, 0.05) is 44.2 Å². The first-order valence-corrected chi connectivity index (χ1v) is 7.76. The second-order valence-electron chi connectivity index (χ2n) is 5.20. The van der Waals surface area contributed by atoms with Crippen LogP contribution in [0.3, 0.4) is 0 Å². The van der Waals surface area contributed by atoms with Crippen LogP contribution in [0.4, 0.5) is 17.1 Å². The quantitative estimate of drug-likeness (QED) is 0.420. The number of rotatable bonds is 8. The van der Waals surface area contributed by atoms with Gasteiger partial charge in [0.25, 0.3) is 5.69 Å². The summed E-state index contributed by atoms with van der Waals surface area (Å²) in [5.74, 6) is 0. The largest absolute Gasteiger partial charge is 0.383 e. The van der Waals surface area contributed by atoms with Crippen molar-refractivity contribution in [1.82, 2.24) is 0 Å². The smallest absolute Gasteiger partial charge is 0.269 e. The molecule has 0 saturated heterocycles. The first-order valence-electron chi connectivity index (χ1n) is 7.76. The zero-order chi connectivity index (χ0) is 17.4. The van der Waals surface area contributed by atoms with Crippen LogP contribution in [0.2, 0.25) is 0 Å². The van der Waals surface area contributed by atoms with E-state index >= 15 is 0 Å². The Bertz CT molecular complexity index is 682. The maximum atomic E-state index is 10.6. The zero-order valence-electron chi connectivity index (χ0n) is 13.9. The molecule has 0 aromatic heterocycles. The van der Waals surface area contributed by atoms with Gasteiger partial charge in [-0.25, -0.2) is 0 Å². The standard InChI is InChI=1S/C18H21N3O3/c1-3-20(12-13-24-2)17-8-4-15(5-9-17)14-19-16-6-10-18(11-7-16)21(22)23/h4-11,14H,3,12-13H2,1-2H3. The number of benzene rings is 2. The summed E-state index contributed by atoms with van der Waals surface area (Å²) in [5.41, 5.74) is 2.86. The summed E-state index contributed by atoms with van der Waals surface area (Å²) in [7, 11) is 1.70. The van der Waals surface area contributed by atoms with E-state index in [0.29, 0.717) is 12.3 Å². The molecule has 2 aromatic rings. The van der Waals surface area contributed by atoms with Gasteiger partial charge in [0.2, 0.25) is 0 Å². The van der Waals surface area contributed by atoms with E-state index in [1.54, 1.807) is 25.5 Å². The van der Waals surface area contributed by atoms with Crippen molar-refractivity contribution in [1.29, 1.82) is 0 Å². The van der Waals surface area contributed by atoms with Gasteiger partial charge >= 0.3 is 0 Å². The Hall–Kier alpha value is -2.73. The van der Waals surface area contributed by atoms with E-state index in [2.05, 4.69) is 28.9 Å². The third kappa shape index (κ3) is 4.89. The molecule has 2 aromatic carbocycles. The highest BCUT2D eigenvalue weighted by Crippen LogP contribution is 2.18. The van der Waals surface area contributed by atoms with Crippen molar-refractivity contribution < 1.29 is 9.66 Å². The number of aliphatic imine (C=N–C) groups is 1. The van der Waals surface area contributed by atoms with Crippen LogP contribution >= 0.6 is 0 Å². The number of hydrogen-bond acceptors (Lipinski definition) is 5. The average molecular weight is 327 g/mol. The van der Waals surface area contributed by atoms with Gasteiger partial charge in [-0.3, -0.25) is 15.1 Å². The van der Waals surface area contributed by atoms with Crippen molar-refractivity contribution in [3.05, 3.63) is 64.2 Å². The van der Waals surface area contributed by atoms with Gasteiger partial charge in [0.05, 0.1) is 17.2 Å². The van der Waals surface area contributed by atoms with Gasteiger partial charge in [0.1, 0.15) is 0 Å². The monoisotopic (exact) mass is 327 g/mol. The Morgan fingerprint density at radius 3 is 2.38 bits per heavy atom. The second-order valence-corrected chi connectivity index (χ2v) is 5.20. The molecule has 0 aliphatic carbocycles. The highest BCUT2D eigenvalue weighted by Gasteiger charge is 2.04. The van der Waals surface area contributed by atoms with E-state index in [1.807, 2.05) is 12.1 Å². The van der Waals surface area contributed by atoms with Gasteiger partial charge in [-0.2, -0.15) is 0 Å². The lowest BCUT2D eigenvalue weighted by Gasteiger charge is -2.22. The Balaban J connectivity index is 2.03. The summed E-state index contributed by atoms with van der Waals surface area (Å²) in [5, 5.41) is 10.6. The molecule has 0 heterocycles. The third-order valence-electron chi connectivity index (χ3n) is 3.63. The van der Waals surface area contributed by atoms with E-state index in [4.69, 9.17) is 4.74 Å². The van der Waals surface area contributed by atoms with Crippen LogP contribution in [-0.4, -0.2) is 37.9 Å². The van der Waals surface area contributed by atoms with Crippen molar-refractivity contribution in [2.45, 2.75) is 6.92 Å². The number of hydrogen-bond donors (Lipinski definition) is 0. The topological polar surface area (TPSA) is 68.0 Å². The van der Waals surface area contributed by atoms with E-state index in [9.17, 15) is 10.1 Å². The van der Waals surface area contributed by atoms with Crippen LogP contribution in [-0.2, 0) is 4.74 Å². The summed E-state index contributed by atoms with van der Waals surface area (Å²) in [6.07, 6.45) is 1.75. The Labute approximate surface area is 141 Å². The molecule has 0 amide bonds. The van der Waals surface area contributed by atoms with E-state index in [0.717, 1.165) is 24.3 Å². The molecule has 0 fully saturated rings. The van der Waals surface area contributed by atoms with Crippen LogP contribution in [0.25, 0.3) is 0 Å². The molecule has 126 valence electrons. The van der Waals surface area contributed by atoms with Gasteiger partial charge in [0.15, 0.2) is 0 Å². The summed E-state index contributed by atoms with van der Waals surface area (Å²) in [6, 6.07) is 14.3. The maximum absolute atomic E-state index is 10.6. The minimum absolute atomic E-state index is 0.0639. The average Bonchev–Trinajstić information content (AvgIpc) is 2.62. The molecule has 0 bridgehead atoms. The van der Waals surface area contributed by atoms with Crippen LogP contribution in [0, 0.1) is 10.1 Å². The minimum atomic E-state index is -0.421. The molecule has 0 unspecified atom stereocenters. The molecule has 0 saturated carbocycles. The van der Waals surface area contributed by atoms with Crippen molar-refractivity contribution in [3.63, 3.8) is 0 Å². The molecular formula is C18H21N3O3. The van der Waals surface area contributed by atoms with E-state index in [1.165, 1.54) is 12.1 Å². The van der Waals surface area contributed by atoms with E-state index in [-0.39, 0.29) is 5.69 Å². The number of methoxy groups -OCH3 is 1.